The normalized spacial score (nSPS) is 12.0. The predicted molar refractivity (Wildman–Crippen MR) is 88.3 cm³/mol. The fourth-order valence-corrected chi connectivity index (χ4v) is 2.19. The molecular weight excluding hydrogens is 310 g/mol. The topological polar surface area (TPSA) is 101 Å². The van der Waals surface area contributed by atoms with E-state index in [1.807, 2.05) is 30.3 Å². The molecule has 0 aliphatic rings. The van der Waals surface area contributed by atoms with Crippen LogP contribution in [0.2, 0.25) is 0 Å². The molecule has 0 spiro atoms. The van der Waals surface area contributed by atoms with E-state index in [0.717, 1.165) is 10.2 Å². The number of carbonyl (C=O) groups excluding carboxylic acids is 1. The van der Waals surface area contributed by atoms with Gasteiger partial charge in [-0.1, -0.05) is 44.2 Å². The van der Waals surface area contributed by atoms with E-state index in [-0.39, 0.29) is 12.5 Å². The smallest absolute Gasteiger partial charge is 0.326 e. The summed E-state index contributed by atoms with van der Waals surface area (Å²) in [5.41, 5.74) is 0.945. The quantitative estimate of drug-likeness (QED) is 0.827. The second-order valence-electron chi connectivity index (χ2n) is 5.71. The average molecular weight is 329 g/mol. The molecule has 2 rings (SSSR count). The van der Waals surface area contributed by atoms with Crippen LogP contribution in [0.15, 0.2) is 47.3 Å². The molecule has 2 aromatic rings. The van der Waals surface area contributed by atoms with Crippen LogP contribution in [0.1, 0.15) is 13.8 Å². The van der Waals surface area contributed by atoms with Crippen molar-refractivity contribution in [2.45, 2.75) is 26.4 Å². The molecule has 0 aliphatic carbocycles. The number of carboxylic acids is 1. The molecule has 1 heterocycles. The van der Waals surface area contributed by atoms with Gasteiger partial charge in [0.1, 0.15) is 12.6 Å². The van der Waals surface area contributed by atoms with E-state index in [9.17, 15) is 14.4 Å². The largest absolute Gasteiger partial charge is 0.480 e. The number of carboxylic acid groups (broad SMARTS) is 1. The van der Waals surface area contributed by atoms with Gasteiger partial charge in [-0.05, 0) is 12.0 Å². The summed E-state index contributed by atoms with van der Waals surface area (Å²) in [6.07, 6.45) is 0. The third-order valence-electron chi connectivity index (χ3n) is 3.48. The Bertz CT molecular complexity index is 784. The predicted octanol–water partition coefficient (Wildman–Crippen LogP) is 1.14. The Morgan fingerprint density at radius 2 is 1.83 bits per heavy atom. The fourth-order valence-electron chi connectivity index (χ4n) is 2.19. The minimum absolute atomic E-state index is 0.271. The zero-order chi connectivity index (χ0) is 17.7. The standard InChI is InChI=1S/C17H19N3O4/c1-11(2)16(17(23)24)18-14(21)10-20-15(22)9-8-13(19-20)12-6-4-3-5-7-12/h3-9,11,16H,10H2,1-2H3,(H,18,21)(H,23,24). The van der Waals surface area contributed by atoms with Crippen molar-refractivity contribution in [1.82, 2.24) is 15.1 Å². The van der Waals surface area contributed by atoms with Crippen molar-refractivity contribution in [3.05, 3.63) is 52.8 Å². The lowest BCUT2D eigenvalue weighted by Crippen LogP contribution is -2.46. The molecule has 1 aromatic carbocycles. The Labute approximate surface area is 138 Å². The molecule has 1 unspecified atom stereocenters. The highest BCUT2D eigenvalue weighted by molar-refractivity contribution is 5.83. The zero-order valence-corrected chi connectivity index (χ0v) is 13.5. The third-order valence-corrected chi connectivity index (χ3v) is 3.48. The molecule has 126 valence electrons. The van der Waals surface area contributed by atoms with Gasteiger partial charge in [0.15, 0.2) is 0 Å². The Hall–Kier alpha value is -2.96. The van der Waals surface area contributed by atoms with E-state index in [4.69, 9.17) is 5.11 Å². The molecule has 0 bridgehead atoms. The van der Waals surface area contributed by atoms with Crippen molar-refractivity contribution in [3.63, 3.8) is 0 Å². The van der Waals surface area contributed by atoms with Crippen LogP contribution in [-0.2, 0) is 16.1 Å². The van der Waals surface area contributed by atoms with Crippen LogP contribution in [0.3, 0.4) is 0 Å². The van der Waals surface area contributed by atoms with Crippen LogP contribution in [0.25, 0.3) is 11.3 Å². The highest BCUT2D eigenvalue weighted by Crippen LogP contribution is 2.13. The minimum atomic E-state index is -1.11. The highest BCUT2D eigenvalue weighted by atomic mass is 16.4. The van der Waals surface area contributed by atoms with E-state index in [1.54, 1.807) is 19.9 Å². The summed E-state index contributed by atoms with van der Waals surface area (Å²) in [5, 5.41) is 15.7. The first-order valence-electron chi connectivity index (χ1n) is 7.54. The second-order valence-corrected chi connectivity index (χ2v) is 5.71. The van der Waals surface area contributed by atoms with Gasteiger partial charge in [0.05, 0.1) is 5.69 Å². The number of carbonyl (C=O) groups is 2. The van der Waals surface area contributed by atoms with E-state index < -0.39 is 23.5 Å². The lowest BCUT2D eigenvalue weighted by atomic mass is 10.1. The van der Waals surface area contributed by atoms with Crippen LogP contribution in [0.5, 0.6) is 0 Å². The van der Waals surface area contributed by atoms with Crippen LogP contribution < -0.4 is 10.9 Å². The molecule has 0 radical (unpaired) electrons. The summed E-state index contributed by atoms with van der Waals surface area (Å²) in [5.74, 6) is -1.96. The molecule has 0 saturated heterocycles. The third kappa shape index (κ3) is 4.28. The molecule has 7 nitrogen and oxygen atoms in total. The van der Waals surface area contributed by atoms with Crippen molar-refractivity contribution in [2.24, 2.45) is 5.92 Å². The van der Waals surface area contributed by atoms with Gasteiger partial charge in [-0.3, -0.25) is 9.59 Å². The van der Waals surface area contributed by atoms with Gasteiger partial charge >= 0.3 is 5.97 Å². The number of aliphatic carboxylic acids is 1. The first-order valence-corrected chi connectivity index (χ1v) is 7.54. The zero-order valence-electron chi connectivity index (χ0n) is 13.5. The summed E-state index contributed by atoms with van der Waals surface area (Å²) >= 11 is 0. The molecule has 0 saturated carbocycles. The van der Waals surface area contributed by atoms with Crippen LogP contribution in [0.4, 0.5) is 0 Å². The van der Waals surface area contributed by atoms with Crippen molar-refractivity contribution in [3.8, 4) is 11.3 Å². The molecule has 1 atom stereocenters. The van der Waals surface area contributed by atoms with Gasteiger partial charge in [0, 0.05) is 11.6 Å². The number of nitrogens with zero attached hydrogens (tertiary/aromatic N) is 2. The molecule has 0 aliphatic heterocycles. The van der Waals surface area contributed by atoms with Crippen LogP contribution in [0, 0.1) is 5.92 Å². The summed E-state index contributed by atoms with van der Waals surface area (Å²) in [6.45, 7) is 3.05. The Kier molecular flexibility index (Phi) is 5.47. The monoisotopic (exact) mass is 329 g/mol. The van der Waals surface area contributed by atoms with E-state index in [2.05, 4.69) is 10.4 Å². The van der Waals surface area contributed by atoms with E-state index >= 15 is 0 Å². The van der Waals surface area contributed by atoms with Gasteiger partial charge < -0.3 is 10.4 Å². The van der Waals surface area contributed by atoms with Gasteiger partial charge in [0.25, 0.3) is 5.56 Å². The number of hydrogen-bond donors (Lipinski definition) is 2. The van der Waals surface area contributed by atoms with Crippen molar-refractivity contribution < 1.29 is 14.7 Å². The minimum Gasteiger partial charge on any atom is -0.480 e. The SMILES string of the molecule is CC(C)C(NC(=O)Cn1nc(-c2ccccc2)ccc1=O)C(=O)O. The summed E-state index contributed by atoms with van der Waals surface area (Å²) < 4.78 is 1.02. The molecular formula is C17H19N3O4. The molecule has 1 amide bonds. The number of aromatic nitrogens is 2. The van der Waals surface area contributed by atoms with Gasteiger partial charge in [-0.15, -0.1) is 0 Å². The van der Waals surface area contributed by atoms with Crippen molar-refractivity contribution in [2.75, 3.05) is 0 Å². The number of benzene rings is 1. The number of hydrogen-bond acceptors (Lipinski definition) is 4. The first-order chi connectivity index (χ1) is 11.4. The maximum atomic E-state index is 12.1. The number of amides is 1. The Morgan fingerprint density at radius 1 is 1.17 bits per heavy atom. The lowest BCUT2D eigenvalue weighted by molar-refractivity contribution is -0.143. The number of nitrogens with one attached hydrogen (secondary N) is 1. The Morgan fingerprint density at radius 3 is 2.42 bits per heavy atom. The molecule has 7 heteroatoms. The fraction of sp³-hybridized carbons (Fsp3) is 0.294. The average Bonchev–Trinajstić information content (AvgIpc) is 2.55. The first kappa shape index (κ1) is 17.4. The van der Waals surface area contributed by atoms with Crippen LogP contribution in [-0.4, -0.2) is 32.8 Å². The maximum absolute atomic E-state index is 12.1. The van der Waals surface area contributed by atoms with Gasteiger partial charge in [-0.2, -0.15) is 5.10 Å². The molecule has 0 fully saturated rings. The maximum Gasteiger partial charge on any atom is 0.326 e. The molecule has 1 aromatic heterocycles. The Balaban J connectivity index is 2.19. The van der Waals surface area contributed by atoms with Crippen molar-refractivity contribution >= 4 is 11.9 Å². The highest BCUT2D eigenvalue weighted by Gasteiger charge is 2.23. The van der Waals surface area contributed by atoms with Crippen molar-refractivity contribution in [1.29, 1.82) is 0 Å². The summed E-state index contributed by atoms with van der Waals surface area (Å²) in [6, 6.07) is 11.2. The summed E-state index contributed by atoms with van der Waals surface area (Å²) in [4.78, 5) is 35.1. The number of rotatable bonds is 6. The van der Waals surface area contributed by atoms with E-state index in [0.29, 0.717) is 5.69 Å². The van der Waals surface area contributed by atoms with Gasteiger partial charge in [-0.25, -0.2) is 9.48 Å². The summed E-state index contributed by atoms with van der Waals surface area (Å²) in [7, 11) is 0. The molecule has 24 heavy (non-hydrogen) atoms. The molecule has 2 N–H and O–H groups in total. The second kappa shape index (κ2) is 7.54. The van der Waals surface area contributed by atoms with E-state index in [1.165, 1.54) is 6.07 Å². The van der Waals surface area contributed by atoms with Crippen LogP contribution >= 0.6 is 0 Å². The van der Waals surface area contributed by atoms with Gasteiger partial charge in [0.2, 0.25) is 5.91 Å². The lowest BCUT2D eigenvalue weighted by Gasteiger charge is -2.18.